The van der Waals surface area contributed by atoms with Crippen LogP contribution >= 0.6 is 0 Å². The van der Waals surface area contributed by atoms with E-state index in [9.17, 15) is 0 Å². The van der Waals surface area contributed by atoms with Gasteiger partial charge >= 0.3 is 0 Å². The van der Waals surface area contributed by atoms with Gasteiger partial charge in [0.25, 0.3) is 0 Å². The van der Waals surface area contributed by atoms with Crippen molar-refractivity contribution in [2.24, 2.45) is 17.1 Å². The average molecular weight is 155 g/mol. The van der Waals surface area contributed by atoms with Crippen molar-refractivity contribution < 1.29 is 0 Å². The first-order valence-corrected chi connectivity index (χ1v) is 4.67. The lowest BCUT2D eigenvalue weighted by Crippen LogP contribution is -2.55. The Labute approximate surface area is 70.4 Å². The normalized spacial score (nSPS) is 43.9. The van der Waals surface area contributed by atoms with Crippen LogP contribution in [0.4, 0.5) is 0 Å². The van der Waals surface area contributed by atoms with Crippen LogP contribution < -0.4 is 5.73 Å². The molecule has 0 saturated heterocycles. The average Bonchev–Trinajstić information content (AvgIpc) is 1.84. The summed E-state index contributed by atoms with van der Waals surface area (Å²) in [6.45, 7) is 9.13. The molecule has 2 unspecified atom stereocenters. The van der Waals surface area contributed by atoms with E-state index in [0.717, 1.165) is 5.92 Å². The van der Waals surface area contributed by atoms with Gasteiger partial charge in [-0.1, -0.05) is 33.6 Å². The molecule has 1 saturated carbocycles. The zero-order valence-corrected chi connectivity index (χ0v) is 8.28. The molecule has 2 N–H and O–H groups in total. The molecule has 2 atom stereocenters. The van der Waals surface area contributed by atoms with Crippen LogP contribution in [-0.2, 0) is 0 Å². The number of nitrogens with two attached hydrogens (primary N) is 1. The summed E-state index contributed by atoms with van der Waals surface area (Å²) in [5, 5.41) is 0. The summed E-state index contributed by atoms with van der Waals surface area (Å²) >= 11 is 0. The van der Waals surface area contributed by atoms with Crippen molar-refractivity contribution in [3.05, 3.63) is 0 Å². The molecule has 66 valence electrons. The third kappa shape index (κ3) is 1.31. The van der Waals surface area contributed by atoms with E-state index >= 15 is 0 Å². The van der Waals surface area contributed by atoms with E-state index in [1.807, 2.05) is 0 Å². The summed E-state index contributed by atoms with van der Waals surface area (Å²) in [4.78, 5) is 0. The predicted molar refractivity (Wildman–Crippen MR) is 49.4 cm³/mol. The molecule has 1 aliphatic rings. The lowest BCUT2D eigenvalue weighted by Gasteiger charge is -2.49. The maximum Gasteiger partial charge on any atom is 0.0180 e. The van der Waals surface area contributed by atoms with Gasteiger partial charge in [0.15, 0.2) is 0 Å². The molecule has 0 radical (unpaired) electrons. The monoisotopic (exact) mass is 155 g/mol. The number of hydrogen-bond acceptors (Lipinski definition) is 1. The minimum atomic E-state index is 0.0463. The van der Waals surface area contributed by atoms with Crippen molar-refractivity contribution in [3.63, 3.8) is 0 Å². The quantitative estimate of drug-likeness (QED) is 0.571. The van der Waals surface area contributed by atoms with Gasteiger partial charge in [-0.3, -0.25) is 0 Å². The minimum Gasteiger partial charge on any atom is -0.325 e. The van der Waals surface area contributed by atoms with Crippen molar-refractivity contribution in [2.75, 3.05) is 0 Å². The second kappa shape index (κ2) is 2.48. The second-order valence-corrected chi connectivity index (χ2v) is 4.93. The largest absolute Gasteiger partial charge is 0.325 e. The van der Waals surface area contributed by atoms with Gasteiger partial charge in [0.05, 0.1) is 0 Å². The first-order chi connectivity index (χ1) is 4.88. The summed E-state index contributed by atoms with van der Waals surface area (Å²) < 4.78 is 0. The fourth-order valence-corrected chi connectivity index (χ4v) is 2.02. The molecule has 0 aliphatic heterocycles. The number of rotatable bonds is 0. The molecule has 1 heteroatoms. The van der Waals surface area contributed by atoms with E-state index in [1.54, 1.807) is 0 Å². The Balaban J connectivity index is 2.82. The van der Waals surface area contributed by atoms with E-state index in [4.69, 9.17) is 5.73 Å². The first kappa shape index (κ1) is 9.05. The molecule has 0 spiro atoms. The van der Waals surface area contributed by atoms with Crippen molar-refractivity contribution in [1.82, 2.24) is 0 Å². The fourth-order valence-electron chi connectivity index (χ4n) is 2.02. The molecule has 0 aromatic rings. The Kier molecular flexibility index (Phi) is 2.04. The zero-order chi connectivity index (χ0) is 8.70. The first-order valence-electron chi connectivity index (χ1n) is 4.67. The molecule has 1 nitrogen and oxygen atoms in total. The Morgan fingerprint density at radius 1 is 1.27 bits per heavy atom. The van der Waals surface area contributed by atoms with Crippen LogP contribution in [0.1, 0.15) is 47.0 Å². The third-order valence-electron chi connectivity index (χ3n) is 4.04. The molecule has 0 aromatic heterocycles. The Morgan fingerprint density at radius 2 is 1.82 bits per heavy atom. The van der Waals surface area contributed by atoms with E-state index in [2.05, 4.69) is 27.7 Å². The summed E-state index contributed by atoms with van der Waals surface area (Å²) in [7, 11) is 0. The molecule has 1 rings (SSSR count). The van der Waals surface area contributed by atoms with Crippen molar-refractivity contribution in [3.8, 4) is 0 Å². The van der Waals surface area contributed by atoms with Crippen molar-refractivity contribution >= 4 is 0 Å². The molecule has 0 heterocycles. The van der Waals surface area contributed by atoms with E-state index in [-0.39, 0.29) is 5.54 Å². The highest BCUT2D eigenvalue weighted by Gasteiger charge is 2.43. The Bertz CT molecular complexity index is 147. The highest BCUT2D eigenvalue weighted by atomic mass is 14.8. The lowest BCUT2D eigenvalue weighted by molar-refractivity contribution is 0.0542. The van der Waals surface area contributed by atoms with Crippen LogP contribution in [0.5, 0.6) is 0 Å². The fraction of sp³-hybridized carbons (Fsp3) is 1.00. The van der Waals surface area contributed by atoms with Gasteiger partial charge in [-0.2, -0.15) is 0 Å². The van der Waals surface area contributed by atoms with Gasteiger partial charge in [-0.05, 0) is 24.7 Å². The Hall–Kier alpha value is -0.0400. The van der Waals surface area contributed by atoms with Crippen LogP contribution in [0.15, 0.2) is 0 Å². The minimum absolute atomic E-state index is 0.0463. The smallest absolute Gasteiger partial charge is 0.0180 e. The van der Waals surface area contributed by atoms with Crippen molar-refractivity contribution in [2.45, 2.75) is 52.5 Å². The summed E-state index contributed by atoms with van der Waals surface area (Å²) in [5.74, 6) is 0.770. The van der Waals surface area contributed by atoms with E-state index in [1.165, 1.54) is 19.3 Å². The van der Waals surface area contributed by atoms with Crippen LogP contribution in [0.3, 0.4) is 0 Å². The van der Waals surface area contributed by atoms with Gasteiger partial charge in [0.2, 0.25) is 0 Å². The highest BCUT2D eigenvalue weighted by molar-refractivity contribution is 4.99. The van der Waals surface area contributed by atoms with Crippen molar-refractivity contribution in [1.29, 1.82) is 0 Å². The number of hydrogen-bond donors (Lipinski definition) is 1. The summed E-state index contributed by atoms with van der Waals surface area (Å²) in [5.41, 5.74) is 6.60. The third-order valence-corrected chi connectivity index (χ3v) is 4.04. The van der Waals surface area contributed by atoms with Crippen LogP contribution in [-0.4, -0.2) is 5.54 Å². The molecule has 1 fully saturated rings. The van der Waals surface area contributed by atoms with Crippen LogP contribution in [0.2, 0.25) is 0 Å². The van der Waals surface area contributed by atoms with Gasteiger partial charge in [-0.15, -0.1) is 0 Å². The van der Waals surface area contributed by atoms with E-state index < -0.39 is 0 Å². The van der Waals surface area contributed by atoms with E-state index in [0.29, 0.717) is 5.41 Å². The second-order valence-electron chi connectivity index (χ2n) is 4.93. The van der Waals surface area contributed by atoms with Gasteiger partial charge in [-0.25, -0.2) is 0 Å². The maximum absolute atomic E-state index is 6.25. The maximum atomic E-state index is 6.25. The van der Waals surface area contributed by atoms with Gasteiger partial charge < -0.3 is 5.73 Å². The molecule has 0 aromatic carbocycles. The van der Waals surface area contributed by atoms with Crippen LogP contribution in [0.25, 0.3) is 0 Å². The predicted octanol–water partition coefficient (Wildman–Crippen LogP) is 2.55. The van der Waals surface area contributed by atoms with Crippen LogP contribution in [0, 0.1) is 11.3 Å². The molecule has 0 amide bonds. The highest BCUT2D eigenvalue weighted by Crippen LogP contribution is 2.45. The molecular weight excluding hydrogens is 134 g/mol. The van der Waals surface area contributed by atoms with Gasteiger partial charge in [0.1, 0.15) is 0 Å². The molecule has 0 bridgehead atoms. The summed E-state index contributed by atoms with van der Waals surface area (Å²) in [6.07, 6.45) is 3.84. The molecule has 11 heavy (non-hydrogen) atoms. The lowest BCUT2D eigenvalue weighted by atomic mass is 9.59. The zero-order valence-electron chi connectivity index (χ0n) is 8.28. The van der Waals surface area contributed by atoms with Gasteiger partial charge in [0, 0.05) is 5.54 Å². The topological polar surface area (TPSA) is 26.0 Å². The molecular formula is C10H21N. The summed E-state index contributed by atoms with van der Waals surface area (Å²) in [6, 6.07) is 0. The molecule has 1 aliphatic carbocycles. The standard InChI is InChI=1S/C10H21N/c1-8-6-5-7-10(4,11)9(8,2)3/h8H,5-7,11H2,1-4H3. The SMILES string of the molecule is CC1CCCC(C)(N)C1(C)C. The Morgan fingerprint density at radius 3 is 2.18 bits per heavy atom.